The SMILES string of the molecule is CC1(C)c2ccccc2-c2c(-c3nc(-c4ccccc4)nc(-n4c5cccc6c7ccccc7c7cccc8oc9ccc4c(c9c87)c65)n3)cccc21. The van der Waals surface area contributed by atoms with Gasteiger partial charge in [0.05, 0.1) is 11.0 Å². The number of benzene rings is 7. The predicted octanol–water partition coefficient (Wildman–Crippen LogP) is 12.3. The fourth-order valence-electron chi connectivity index (χ4n) is 9.32. The van der Waals surface area contributed by atoms with Gasteiger partial charge in [-0.1, -0.05) is 135 Å². The van der Waals surface area contributed by atoms with Gasteiger partial charge in [0.2, 0.25) is 5.95 Å². The highest BCUT2D eigenvalue weighted by atomic mass is 16.3. The number of rotatable bonds is 3. The Morgan fingerprint density at radius 2 is 1.08 bits per heavy atom. The summed E-state index contributed by atoms with van der Waals surface area (Å²) in [6.07, 6.45) is 0. The van der Waals surface area contributed by atoms with Gasteiger partial charge < -0.3 is 4.42 Å². The van der Waals surface area contributed by atoms with Gasteiger partial charge in [0.25, 0.3) is 0 Å². The van der Waals surface area contributed by atoms with E-state index in [2.05, 4.69) is 146 Å². The van der Waals surface area contributed by atoms with Crippen LogP contribution in [-0.4, -0.2) is 19.5 Å². The molecule has 0 spiro atoms. The van der Waals surface area contributed by atoms with Gasteiger partial charge >= 0.3 is 0 Å². The highest BCUT2D eigenvalue weighted by Crippen LogP contribution is 2.52. The van der Waals surface area contributed by atoms with Crippen LogP contribution >= 0.6 is 0 Å². The average molecular weight is 679 g/mol. The van der Waals surface area contributed by atoms with Crippen LogP contribution in [0.25, 0.3) is 105 Å². The lowest BCUT2D eigenvalue weighted by Crippen LogP contribution is -2.14. The Morgan fingerprint density at radius 1 is 0.453 bits per heavy atom. The summed E-state index contributed by atoms with van der Waals surface area (Å²) >= 11 is 0. The van der Waals surface area contributed by atoms with Crippen LogP contribution in [-0.2, 0) is 5.41 Å². The Hall–Kier alpha value is -6.85. The molecule has 1 aliphatic carbocycles. The van der Waals surface area contributed by atoms with E-state index in [9.17, 15) is 0 Å². The molecule has 3 aromatic heterocycles. The average Bonchev–Trinajstić information content (AvgIpc) is 3.83. The molecule has 0 aliphatic heterocycles. The highest BCUT2D eigenvalue weighted by molar-refractivity contribution is 6.38. The molecule has 0 saturated carbocycles. The maximum atomic E-state index is 6.60. The first-order chi connectivity index (χ1) is 26.1. The summed E-state index contributed by atoms with van der Waals surface area (Å²) < 4.78 is 8.83. The first kappa shape index (κ1) is 28.8. The van der Waals surface area contributed by atoms with E-state index in [-0.39, 0.29) is 5.41 Å². The van der Waals surface area contributed by atoms with Gasteiger partial charge in [0.15, 0.2) is 11.6 Å². The molecular formula is C48H30N4O. The molecule has 0 N–H and O–H groups in total. The van der Waals surface area contributed by atoms with Gasteiger partial charge in [-0.25, -0.2) is 4.98 Å². The van der Waals surface area contributed by atoms with E-state index in [1.54, 1.807) is 0 Å². The maximum Gasteiger partial charge on any atom is 0.238 e. The van der Waals surface area contributed by atoms with Gasteiger partial charge in [-0.3, -0.25) is 4.57 Å². The second-order valence-corrected chi connectivity index (χ2v) is 14.7. The molecule has 8 aromatic carbocycles. The van der Waals surface area contributed by atoms with Crippen LogP contribution in [0.1, 0.15) is 25.0 Å². The first-order valence-corrected chi connectivity index (χ1v) is 18.1. The standard InChI is InChI=1S/C48H30N4O/c1-48(2)34-21-9-8-17-32(34)40-33(20-10-22-35(40)48)46-49-45(27-13-4-3-5-14-27)50-47(51-46)52-36-23-11-18-30-28-15-6-7-16-29(28)31-19-12-24-38-42(31)44-39(53-38)26-25-37(52)43(44)41(30)36/h3-26H,1-2H3. The van der Waals surface area contributed by atoms with Crippen LogP contribution in [0.15, 0.2) is 150 Å². The van der Waals surface area contributed by atoms with E-state index in [0.717, 1.165) is 54.9 Å². The first-order valence-electron chi connectivity index (χ1n) is 18.1. The third-order valence-corrected chi connectivity index (χ3v) is 11.6. The van der Waals surface area contributed by atoms with Crippen LogP contribution < -0.4 is 0 Å². The summed E-state index contributed by atoms with van der Waals surface area (Å²) in [6, 6.07) is 51.5. The smallest absolute Gasteiger partial charge is 0.238 e. The van der Waals surface area contributed by atoms with Crippen molar-refractivity contribution in [3.05, 3.63) is 157 Å². The summed E-state index contributed by atoms with van der Waals surface area (Å²) in [5.74, 6) is 1.86. The minimum absolute atomic E-state index is 0.149. The van der Waals surface area contributed by atoms with Gasteiger partial charge in [0, 0.05) is 38.1 Å². The second-order valence-electron chi connectivity index (χ2n) is 14.7. The maximum absolute atomic E-state index is 6.60. The fraction of sp³-hybridized carbons (Fsp3) is 0.0625. The Kier molecular flexibility index (Phi) is 5.51. The second kappa shape index (κ2) is 10.1. The van der Waals surface area contributed by atoms with Crippen molar-refractivity contribution in [1.82, 2.24) is 19.5 Å². The van der Waals surface area contributed by atoms with Gasteiger partial charge in [-0.15, -0.1) is 0 Å². The number of hydrogen-bond donors (Lipinski definition) is 0. The molecule has 3 heterocycles. The zero-order valence-corrected chi connectivity index (χ0v) is 29.1. The van der Waals surface area contributed by atoms with E-state index in [1.165, 1.54) is 43.8 Å². The molecule has 5 heteroatoms. The number of furan rings is 1. The van der Waals surface area contributed by atoms with Crippen LogP contribution in [0.2, 0.25) is 0 Å². The molecule has 0 fully saturated rings. The molecule has 1 aliphatic rings. The number of aromatic nitrogens is 4. The van der Waals surface area contributed by atoms with Crippen molar-refractivity contribution in [1.29, 1.82) is 0 Å². The van der Waals surface area contributed by atoms with Crippen LogP contribution in [0, 0.1) is 0 Å². The van der Waals surface area contributed by atoms with Crippen molar-refractivity contribution in [2.24, 2.45) is 0 Å². The van der Waals surface area contributed by atoms with Crippen molar-refractivity contribution in [2.75, 3.05) is 0 Å². The number of hydrogen-bond acceptors (Lipinski definition) is 4. The Balaban J connectivity index is 1.25. The molecule has 11 aromatic rings. The minimum Gasteiger partial charge on any atom is -0.456 e. The lowest BCUT2D eigenvalue weighted by Gasteiger charge is -2.21. The van der Waals surface area contributed by atoms with Gasteiger partial charge in [0.1, 0.15) is 11.2 Å². The van der Waals surface area contributed by atoms with E-state index < -0.39 is 0 Å². The van der Waals surface area contributed by atoms with E-state index >= 15 is 0 Å². The zero-order chi connectivity index (χ0) is 35.0. The molecule has 0 radical (unpaired) electrons. The molecule has 0 saturated heterocycles. The Morgan fingerprint density at radius 3 is 1.92 bits per heavy atom. The van der Waals surface area contributed by atoms with Crippen molar-refractivity contribution < 1.29 is 4.42 Å². The van der Waals surface area contributed by atoms with E-state index in [4.69, 9.17) is 19.4 Å². The minimum atomic E-state index is -0.149. The van der Waals surface area contributed by atoms with Crippen molar-refractivity contribution in [3.8, 4) is 39.9 Å². The summed E-state index contributed by atoms with van der Waals surface area (Å²) in [6.45, 7) is 4.61. The third-order valence-electron chi connectivity index (χ3n) is 11.6. The molecule has 0 bridgehead atoms. The fourth-order valence-corrected chi connectivity index (χ4v) is 9.32. The summed E-state index contributed by atoms with van der Waals surface area (Å²) in [7, 11) is 0. The predicted molar refractivity (Wildman–Crippen MR) is 216 cm³/mol. The summed E-state index contributed by atoms with van der Waals surface area (Å²) in [5.41, 5.74) is 10.6. The Bertz CT molecular complexity index is 3320. The van der Waals surface area contributed by atoms with E-state index in [1.807, 2.05) is 18.2 Å². The van der Waals surface area contributed by atoms with Crippen LogP contribution in [0.4, 0.5) is 0 Å². The topological polar surface area (TPSA) is 56.7 Å². The van der Waals surface area contributed by atoms with Gasteiger partial charge in [-0.05, 0) is 68.1 Å². The van der Waals surface area contributed by atoms with Crippen molar-refractivity contribution >= 4 is 65.3 Å². The lowest BCUT2D eigenvalue weighted by atomic mass is 9.82. The molecular weight excluding hydrogens is 649 g/mol. The number of fused-ring (bicyclic) bond motifs is 6. The Labute approximate surface area is 304 Å². The van der Waals surface area contributed by atoms with Crippen molar-refractivity contribution in [2.45, 2.75) is 19.3 Å². The van der Waals surface area contributed by atoms with Crippen molar-refractivity contribution in [3.63, 3.8) is 0 Å². The molecule has 53 heavy (non-hydrogen) atoms. The third kappa shape index (κ3) is 3.73. The molecule has 5 nitrogen and oxygen atoms in total. The number of nitrogens with zero attached hydrogens (tertiary/aromatic N) is 4. The monoisotopic (exact) mass is 678 g/mol. The largest absolute Gasteiger partial charge is 0.456 e. The summed E-state index contributed by atoms with van der Waals surface area (Å²) in [5, 5.41) is 9.30. The zero-order valence-electron chi connectivity index (χ0n) is 29.1. The van der Waals surface area contributed by atoms with Crippen LogP contribution in [0.5, 0.6) is 0 Å². The molecule has 248 valence electrons. The normalized spacial score (nSPS) is 13.6. The lowest BCUT2D eigenvalue weighted by molar-refractivity contribution is 0.660. The molecule has 0 amide bonds. The molecule has 0 unspecified atom stereocenters. The molecule has 12 rings (SSSR count). The quantitative estimate of drug-likeness (QED) is 0.187. The summed E-state index contributed by atoms with van der Waals surface area (Å²) in [4.78, 5) is 16.0. The van der Waals surface area contributed by atoms with Gasteiger partial charge in [-0.2, -0.15) is 9.97 Å². The van der Waals surface area contributed by atoms with Crippen LogP contribution in [0.3, 0.4) is 0 Å². The highest BCUT2D eigenvalue weighted by Gasteiger charge is 2.37. The molecule has 0 atom stereocenters. The van der Waals surface area contributed by atoms with E-state index in [0.29, 0.717) is 17.6 Å².